The summed E-state index contributed by atoms with van der Waals surface area (Å²) in [5, 5.41) is 11.1. The number of rotatable bonds is 6. The van der Waals surface area contributed by atoms with Crippen molar-refractivity contribution in [1.82, 2.24) is 10.2 Å². The maximum Gasteiger partial charge on any atom is 0.216 e. The minimum absolute atomic E-state index is 0.00339. The number of nitrogens with zero attached hydrogens (tertiary/aromatic N) is 2. The number of carbonyl (C=O) groups is 1. The number of carbonyl (C=O) groups excluding carboxylic acids is 1. The minimum Gasteiger partial charge on any atom is -0.355 e. The number of hydrogen-bond acceptors (Lipinski definition) is 3. The number of nitrogens with one attached hydrogen (secondary N) is 1. The predicted molar refractivity (Wildman–Crippen MR) is 51.0 cm³/mol. The van der Waals surface area contributed by atoms with Gasteiger partial charge >= 0.3 is 0 Å². The molecule has 0 fully saturated rings. The molecule has 1 N–H and O–H groups in total. The van der Waals surface area contributed by atoms with E-state index in [2.05, 4.69) is 16.3 Å². The van der Waals surface area contributed by atoms with Crippen molar-refractivity contribution in [3.8, 4) is 6.07 Å². The highest BCUT2D eigenvalue weighted by Crippen LogP contribution is 1.88. The van der Waals surface area contributed by atoms with Crippen LogP contribution in [0.25, 0.3) is 0 Å². The third kappa shape index (κ3) is 7.29. The quantitative estimate of drug-likeness (QED) is 0.646. The van der Waals surface area contributed by atoms with Gasteiger partial charge in [0.25, 0.3) is 0 Å². The van der Waals surface area contributed by atoms with Crippen molar-refractivity contribution in [2.75, 3.05) is 26.2 Å². The van der Waals surface area contributed by atoms with E-state index in [9.17, 15) is 4.79 Å². The molecule has 0 unspecified atom stereocenters. The SMILES string of the molecule is CCN(CCC#N)CCNC(C)=O. The van der Waals surface area contributed by atoms with Gasteiger partial charge in [0.15, 0.2) is 0 Å². The summed E-state index contributed by atoms with van der Waals surface area (Å²) >= 11 is 0. The summed E-state index contributed by atoms with van der Waals surface area (Å²) in [6, 6.07) is 2.10. The normalized spacial score (nSPS) is 9.69. The van der Waals surface area contributed by atoms with Crippen LogP contribution >= 0.6 is 0 Å². The Kier molecular flexibility index (Phi) is 6.93. The lowest BCUT2D eigenvalue weighted by Crippen LogP contribution is -2.34. The lowest BCUT2D eigenvalue weighted by molar-refractivity contribution is -0.119. The van der Waals surface area contributed by atoms with E-state index in [-0.39, 0.29) is 5.91 Å². The molecule has 0 radical (unpaired) electrons. The lowest BCUT2D eigenvalue weighted by Gasteiger charge is -2.18. The molecule has 0 bridgehead atoms. The molecule has 0 spiro atoms. The molecular formula is C9H17N3O. The molecule has 0 aliphatic heterocycles. The van der Waals surface area contributed by atoms with Crippen LogP contribution in [0.5, 0.6) is 0 Å². The van der Waals surface area contributed by atoms with Crippen LogP contribution in [0.3, 0.4) is 0 Å². The fourth-order valence-corrected chi connectivity index (χ4v) is 1.03. The van der Waals surface area contributed by atoms with E-state index in [1.165, 1.54) is 6.92 Å². The minimum atomic E-state index is -0.00339. The van der Waals surface area contributed by atoms with Crippen molar-refractivity contribution in [1.29, 1.82) is 5.26 Å². The van der Waals surface area contributed by atoms with Crippen molar-refractivity contribution in [3.63, 3.8) is 0 Å². The van der Waals surface area contributed by atoms with Gasteiger partial charge in [-0.25, -0.2) is 0 Å². The van der Waals surface area contributed by atoms with Gasteiger partial charge in [-0.15, -0.1) is 0 Å². The average Bonchev–Trinajstić information content (AvgIpc) is 2.10. The van der Waals surface area contributed by atoms with Gasteiger partial charge in [0.05, 0.1) is 6.07 Å². The summed E-state index contributed by atoms with van der Waals surface area (Å²) in [5.41, 5.74) is 0. The fraction of sp³-hybridized carbons (Fsp3) is 0.778. The van der Waals surface area contributed by atoms with Crippen molar-refractivity contribution >= 4 is 5.91 Å². The van der Waals surface area contributed by atoms with E-state index in [1.54, 1.807) is 0 Å². The van der Waals surface area contributed by atoms with Crippen molar-refractivity contribution in [2.45, 2.75) is 20.3 Å². The summed E-state index contributed by atoms with van der Waals surface area (Å²) in [5.74, 6) is -0.00339. The zero-order valence-electron chi connectivity index (χ0n) is 8.34. The molecule has 13 heavy (non-hydrogen) atoms. The van der Waals surface area contributed by atoms with Gasteiger partial charge in [0.2, 0.25) is 5.91 Å². The Hall–Kier alpha value is -1.08. The van der Waals surface area contributed by atoms with Gasteiger partial charge in [-0.2, -0.15) is 5.26 Å². The molecule has 0 rings (SSSR count). The first-order valence-electron chi connectivity index (χ1n) is 4.54. The van der Waals surface area contributed by atoms with Crippen LogP contribution in [0.15, 0.2) is 0 Å². The molecule has 4 nitrogen and oxygen atoms in total. The van der Waals surface area contributed by atoms with Crippen LogP contribution in [-0.2, 0) is 4.79 Å². The van der Waals surface area contributed by atoms with Gasteiger partial charge < -0.3 is 10.2 Å². The second-order valence-electron chi connectivity index (χ2n) is 2.83. The number of likely N-dealkylation sites (N-methyl/N-ethyl adjacent to an activating group) is 1. The van der Waals surface area contributed by atoms with Crippen LogP contribution in [0.2, 0.25) is 0 Å². The molecule has 4 heteroatoms. The molecule has 74 valence electrons. The Labute approximate surface area is 79.5 Å². The average molecular weight is 183 g/mol. The van der Waals surface area contributed by atoms with Crippen molar-refractivity contribution < 1.29 is 4.79 Å². The highest BCUT2D eigenvalue weighted by atomic mass is 16.1. The van der Waals surface area contributed by atoms with Gasteiger partial charge in [-0.3, -0.25) is 4.79 Å². The predicted octanol–water partition coefficient (Wildman–Crippen LogP) is 0.358. The summed E-state index contributed by atoms with van der Waals surface area (Å²) in [7, 11) is 0. The molecule has 0 aliphatic carbocycles. The van der Waals surface area contributed by atoms with E-state index >= 15 is 0 Å². The summed E-state index contributed by atoms with van der Waals surface area (Å²) < 4.78 is 0. The fourth-order valence-electron chi connectivity index (χ4n) is 1.03. The monoisotopic (exact) mass is 183 g/mol. The van der Waals surface area contributed by atoms with Gasteiger partial charge in [-0.05, 0) is 6.54 Å². The molecule has 1 amide bonds. The molecular weight excluding hydrogens is 166 g/mol. The van der Waals surface area contributed by atoms with Gasteiger partial charge in [0, 0.05) is 33.0 Å². The van der Waals surface area contributed by atoms with Crippen molar-refractivity contribution in [2.24, 2.45) is 0 Å². The van der Waals surface area contributed by atoms with Gasteiger partial charge in [0.1, 0.15) is 0 Å². The Morgan fingerprint density at radius 2 is 2.23 bits per heavy atom. The van der Waals surface area contributed by atoms with Crippen LogP contribution in [0.4, 0.5) is 0 Å². The molecule has 0 atom stereocenters. The molecule has 0 heterocycles. The molecule has 0 saturated heterocycles. The van der Waals surface area contributed by atoms with E-state index in [0.717, 1.165) is 19.6 Å². The highest BCUT2D eigenvalue weighted by molar-refractivity contribution is 5.72. The molecule has 0 aromatic carbocycles. The number of nitriles is 1. The zero-order valence-corrected chi connectivity index (χ0v) is 8.34. The lowest BCUT2D eigenvalue weighted by atomic mass is 10.4. The van der Waals surface area contributed by atoms with Gasteiger partial charge in [-0.1, -0.05) is 6.92 Å². The Balaban J connectivity index is 3.48. The Bertz CT molecular complexity index is 186. The largest absolute Gasteiger partial charge is 0.355 e. The third-order valence-electron chi connectivity index (χ3n) is 1.79. The summed E-state index contributed by atoms with van der Waals surface area (Å²) in [6.45, 7) is 6.73. The second kappa shape index (κ2) is 7.56. The second-order valence-corrected chi connectivity index (χ2v) is 2.83. The smallest absolute Gasteiger partial charge is 0.216 e. The van der Waals surface area contributed by atoms with E-state index in [0.29, 0.717) is 13.0 Å². The molecule has 0 aromatic heterocycles. The van der Waals surface area contributed by atoms with E-state index in [4.69, 9.17) is 5.26 Å². The van der Waals surface area contributed by atoms with E-state index in [1.807, 2.05) is 6.92 Å². The standard InChI is InChI=1S/C9H17N3O/c1-3-12(7-4-5-10)8-6-11-9(2)13/h3-4,6-8H2,1-2H3,(H,11,13). The first kappa shape index (κ1) is 11.9. The summed E-state index contributed by atoms with van der Waals surface area (Å²) in [6.07, 6.45) is 0.550. The zero-order chi connectivity index (χ0) is 10.1. The first-order valence-corrected chi connectivity index (χ1v) is 4.54. The van der Waals surface area contributed by atoms with Crippen molar-refractivity contribution in [3.05, 3.63) is 0 Å². The van der Waals surface area contributed by atoms with Crippen LogP contribution in [-0.4, -0.2) is 37.0 Å². The molecule has 0 saturated carbocycles. The molecule has 0 aromatic rings. The van der Waals surface area contributed by atoms with Crippen LogP contribution in [0.1, 0.15) is 20.3 Å². The molecule has 0 aliphatic rings. The Morgan fingerprint density at radius 1 is 1.54 bits per heavy atom. The highest BCUT2D eigenvalue weighted by Gasteiger charge is 2.00. The number of amides is 1. The Morgan fingerprint density at radius 3 is 2.69 bits per heavy atom. The van der Waals surface area contributed by atoms with E-state index < -0.39 is 0 Å². The maximum atomic E-state index is 10.5. The topological polar surface area (TPSA) is 56.1 Å². The third-order valence-corrected chi connectivity index (χ3v) is 1.79. The van der Waals surface area contributed by atoms with Crippen LogP contribution in [0, 0.1) is 11.3 Å². The summed E-state index contributed by atoms with van der Waals surface area (Å²) in [4.78, 5) is 12.7. The van der Waals surface area contributed by atoms with Crippen LogP contribution < -0.4 is 5.32 Å². The first-order chi connectivity index (χ1) is 6.20. The number of hydrogen-bond donors (Lipinski definition) is 1. The maximum absolute atomic E-state index is 10.5.